The highest BCUT2D eigenvalue weighted by atomic mass is 35.5. The monoisotopic (exact) mass is 248 g/mol. The van der Waals surface area contributed by atoms with E-state index < -0.39 is 0 Å². The lowest BCUT2D eigenvalue weighted by Gasteiger charge is -2.28. The summed E-state index contributed by atoms with van der Waals surface area (Å²) in [6.45, 7) is 4.84. The lowest BCUT2D eigenvalue weighted by molar-refractivity contribution is -0.122. The van der Waals surface area contributed by atoms with E-state index in [1.807, 2.05) is 0 Å². The van der Waals surface area contributed by atoms with Crippen LogP contribution in [0.4, 0.5) is 0 Å². The van der Waals surface area contributed by atoms with Crippen molar-refractivity contribution in [3.63, 3.8) is 0 Å². The second-order valence-corrected chi connectivity index (χ2v) is 4.89. The number of hydrogen-bond donors (Lipinski definition) is 2. The fourth-order valence-electron chi connectivity index (χ4n) is 2.36. The Morgan fingerprint density at radius 1 is 1.44 bits per heavy atom. The van der Waals surface area contributed by atoms with Crippen LogP contribution in [0.5, 0.6) is 0 Å². The third kappa shape index (κ3) is 5.17. The quantitative estimate of drug-likeness (QED) is 0.801. The maximum atomic E-state index is 11.2. The first-order valence-corrected chi connectivity index (χ1v) is 6.14. The fraction of sp³-hybridized carbons (Fsp3) is 0.917. The first-order valence-electron chi connectivity index (χ1n) is 6.14. The highest BCUT2D eigenvalue weighted by molar-refractivity contribution is 5.85. The van der Waals surface area contributed by atoms with Gasteiger partial charge in [-0.3, -0.25) is 4.79 Å². The molecule has 0 aliphatic heterocycles. The van der Waals surface area contributed by atoms with E-state index >= 15 is 0 Å². The summed E-state index contributed by atoms with van der Waals surface area (Å²) in [5.74, 6) is 1.59. The third-order valence-electron chi connectivity index (χ3n) is 3.52. The zero-order valence-corrected chi connectivity index (χ0v) is 11.2. The minimum Gasteiger partial charge on any atom is -0.355 e. The molecule has 0 bridgehead atoms. The van der Waals surface area contributed by atoms with Crippen LogP contribution >= 0.6 is 12.4 Å². The smallest absolute Gasteiger partial charge is 0.236 e. The Labute approximate surface area is 105 Å². The minimum absolute atomic E-state index is 0. The maximum Gasteiger partial charge on any atom is 0.236 e. The van der Waals surface area contributed by atoms with Crippen molar-refractivity contribution in [1.82, 2.24) is 5.32 Å². The molecular weight excluding hydrogens is 224 g/mol. The number of nitrogens with one attached hydrogen (secondary N) is 1. The van der Waals surface area contributed by atoms with Crippen molar-refractivity contribution < 1.29 is 4.79 Å². The Hall–Kier alpha value is -0.280. The third-order valence-corrected chi connectivity index (χ3v) is 3.52. The van der Waals surface area contributed by atoms with E-state index in [2.05, 4.69) is 12.2 Å². The van der Waals surface area contributed by atoms with E-state index in [0.29, 0.717) is 0 Å². The van der Waals surface area contributed by atoms with Gasteiger partial charge in [-0.15, -0.1) is 12.4 Å². The molecule has 96 valence electrons. The average Bonchev–Trinajstić information content (AvgIpc) is 2.20. The van der Waals surface area contributed by atoms with Crippen molar-refractivity contribution >= 4 is 18.3 Å². The Bertz CT molecular complexity index is 209. The number of halogens is 1. The van der Waals surface area contributed by atoms with Crippen molar-refractivity contribution in [2.45, 2.75) is 52.0 Å². The minimum atomic E-state index is -0.381. The fourth-order valence-corrected chi connectivity index (χ4v) is 2.36. The molecule has 0 aromatic carbocycles. The summed E-state index contributed by atoms with van der Waals surface area (Å²) in [6.07, 6.45) is 6.53. The SMILES string of the molecule is CC(N)C(=O)NCCC1CCCCC1C.Cl. The Kier molecular flexibility index (Phi) is 7.77. The molecule has 4 heteroatoms. The molecule has 3 atom stereocenters. The van der Waals surface area contributed by atoms with Gasteiger partial charge < -0.3 is 11.1 Å². The number of rotatable bonds is 4. The molecule has 0 aromatic rings. The first-order chi connectivity index (χ1) is 7.11. The second kappa shape index (κ2) is 7.91. The molecule has 1 saturated carbocycles. The second-order valence-electron chi connectivity index (χ2n) is 4.89. The van der Waals surface area contributed by atoms with Crippen molar-refractivity contribution in [2.75, 3.05) is 6.54 Å². The molecule has 3 nitrogen and oxygen atoms in total. The van der Waals surface area contributed by atoms with Gasteiger partial charge in [0.2, 0.25) is 5.91 Å². The van der Waals surface area contributed by atoms with Gasteiger partial charge in [0.05, 0.1) is 6.04 Å². The number of hydrogen-bond acceptors (Lipinski definition) is 2. The highest BCUT2D eigenvalue weighted by Crippen LogP contribution is 2.31. The van der Waals surface area contributed by atoms with E-state index in [-0.39, 0.29) is 24.4 Å². The van der Waals surface area contributed by atoms with Gasteiger partial charge in [0.25, 0.3) is 0 Å². The highest BCUT2D eigenvalue weighted by Gasteiger charge is 2.20. The van der Waals surface area contributed by atoms with Crippen molar-refractivity contribution in [3.8, 4) is 0 Å². The standard InChI is InChI=1S/C12H24N2O.ClH/c1-9-5-3-4-6-11(9)7-8-14-12(15)10(2)13;/h9-11H,3-8,13H2,1-2H3,(H,14,15);1H. The number of carbonyl (C=O) groups excluding carboxylic acids is 1. The number of nitrogens with two attached hydrogens (primary N) is 1. The summed E-state index contributed by atoms with van der Waals surface area (Å²) in [7, 11) is 0. The van der Waals surface area contributed by atoms with Gasteiger partial charge in [-0.05, 0) is 25.2 Å². The molecule has 3 unspecified atom stereocenters. The van der Waals surface area contributed by atoms with Crippen molar-refractivity contribution in [1.29, 1.82) is 0 Å². The zero-order chi connectivity index (χ0) is 11.3. The largest absolute Gasteiger partial charge is 0.355 e. The van der Waals surface area contributed by atoms with Crippen LogP contribution < -0.4 is 11.1 Å². The van der Waals surface area contributed by atoms with Crippen LogP contribution in [-0.4, -0.2) is 18.5 Å². The predicted molar refractivity (Wildman–Crippen MR) is 69.6 cm³/mol. The predicted octanol–water partition coefficient (Wildman–Crippen LogP) is 2.09. The maximum absolute atomic E-state index is 11.2. The first kappa shape index (κ1) is 15.7. The van der Waals surface area contributed by atoms with Crippen LogP contribution in [0.3, 0.4) is 0 Å². The zero-order valence-electron chi connectivity index (χ0n) is 10.4. The summed E-state index contributed by atoms with van der Waals surface area (Å²) >= 11 is 0. The lowest BCUT2D eigenvalue weighted by atomic mass is 9.79. The van der Waals surface area contributed by atoms with E-state index in [0.717, 1.165) is 24.8 Å². The average molecular weight is 249 g/mol. The molecule has 1 fully saturated rings. The normalized spacial score (nSPS) is 26.7. The molecule has 0 aromatic heterocycles. The Morgan fingerprint density at radius 3 is 2.62 bits per heavy atom. The molecule has 0 spiro atoms. The topological polar surface area (TPSA) is 55.1 Å². The molecule has 0 saturated heterocycles. The summed E-state index contributed by atoms with van der Waals surface area (Å²) < 4.78 is 0. The molecule has 0 heterocycles. The van der Waals surface area contributed by atoms with Gasteiger partial charge in [-0.1, -0.05) is 32.6 Å². The van der Waals surface area contributed by atoms with Crippen LogP contribution in [0.15, 0.2) is 0 Å². The van der Waals surface area contributed by atoms with E-state index in [4.69, 9.17) is 5.73 Å². The van der Waals surface area contributed by atoms with Crippen molar-refractivity contribution in [2.24, 2.45) is 17.6 Å². The lowest BCUT2D eigenvalue weighted by Crippen LogP contribution is -2.39. The van der Waals surface area contributed by atoms with Gasteiger partial charge in [0.15, 0.2) is 0 Å². The van der Waals surface area contributed by atoms with E-state index in [9.17, 15) is 4.79 Å². The van der Waals surface area contributed by atoms with E-state index in [1.54, 1.807) is 6.92 Å². The van der Waals surface area contributed by atoms with Gasteiger partial charge in [-0.2, -0.15) is 0 Å². The van der Waals surface area contributed by atoms with E-state index in [1.165, 1.54) is 25.7 Å². The molecule has 0 radical (unpaired) electrons. The summed E-state index contributed by atoms with van der Waals surface area (Å²) in [6, 6.07) is -0.381. The molecule has 1 aliphatic rings. The summed E-state index contributed by atoms with van der Waals surface area (Å²) in [5, 5.41) is 2.89. The van der Waals surface area contributed by atoms with Crippen LogP contribution in [0.2, 0.25) is 0 Å². The molecular formula is C12H25ClN2O. The molecule has 16 heavy (non-hydrogen) atoms. The van der Waals surface area contributed by atoms with Crippen LogP contribution in [0.1, 0.15) is 46.0 Å². The summed E-state index contributed by atoms with van der Waals surface area (Å²) in [4.78, 5) is 11.2. The number of amides is 1. The Morgan fingerprint density at radius 2 is 2.06 bits per heavy atom. The number of carbonyl (C=O) groups is 1. The molecule has 1 rings (SSSR count). The van der Waals surface area contributed by atoms with Crippen LogP contribution in [-0.2, 0) is 4.79 Å². The Balaban J connectivity index is 0.00000225. The molecule has 1 aliphatic carbocycles. The summed E-state index contributed by atoms with van der Waals surface area (Å²) in [5.41, 5.74) is 5.47. The van der Waals surface area contributed by atoms with Gasteiger partial charge in [0, 0.05) is 6.54 Å². The molecule has 3 N–H and O–H groups in total. The van der Waals surface area contributed by atoms with Gasteiger partial charge in [-0.25, -0.2) is 0 Å². The van der Waals surface area contributed by atoms with Gasteiger partial charge >= 0.3 is 0 Å². The van der Waals surface area contributed by atoms with Crippen LogP contribution in [0.25, 0.3) is 0 Å². The van der Waals surface area contributed by atoms with Crippen LogP contribution in [0, 0.1) is 11.8 Å². The van der Waals surface area contributed by atoms with Crippen molar-refractivity contribution in [3.05, 3.63) is 0 Å². The van der Waals surface area contributed by atoms with Gasteiger partial charge in [0.1, 0.15) is 0 Å². The molecule has 1 amide bonds.